The number of hydrogen-bond acceptors (Lipinski definition) is 2. The van der Waals surface area contributed by atoms with Crippen LogP contribution in [0, 0.1) is 6.92 Å². The third kappa shape index (κ3) is 4.24. The standard InChI is InChI=1S/C17H27NO/c1-13(2)16-9-8-14(3)12-17(16)19-11-5-7-15-6-4-10-18-15/h8-9,12-13,15,18H,4-7,10-11H2,1-3H3. The van der Waals surface area contributed by atoms with Crippen molar-refractivity contribution in [3.05, 3.63) is 29.3 Å². The minimum Gasteiger partial charge on any atom is -0.493 e. The highest BCUT2D eigenvalue weighted by molar-refractivity contribution is 5.39. The summed E-state index contributed by atoms with van der Waals surface area (Å²) in [6, 6.07) is 7.27. The number of benzene rings is 1. The predicted octanol–water partition coefficient (Wildman–Crippen LogP) is 4.03. The average Bonchev–Trinajstić information content (AvgIpc) is 2.87. The van der Waals surface area contributed by atoms with Crippen molar-refractivity contribution < 1.29 is 4.74 Å². The minimum atomic E-state index is 0.520. The van der Waals surface area contributed by atoms with Gasteiger partial charge in [0.05, 0.1) is 6.61 Å². The van der Waals surface area contributed by atoms with E-state index >= 15 is 0 Å². The van der Waals surface area contributed by atoms with E-state index in [4.69, 9.17) is 4.74 Å². The fourth-order valence-corrected chi connectivity index (χ4v) is 2.76. The lowest BCUT2D eigenvalue weighted by atomic mass is 10.0. The molecule has 0 aromatic heterocycles. The Hall–Kier alpha value is -1.02. The maximum Gasteiger partial charge on any atom is 0.122 e. The van der Waals surface area contributed by atoms with E-state index in [1.165, 1.54) is 36.9 Å². The van der Waals surface area contributed by atoms with Crippen molar-refractivity contribution in [3.8, 4) is 5.75 Å². The van der Waals surface area contributed by atoms with Crippen molar-refractivity contribution >= 4 is 0 Å². The van der Waals surface area contributed by atoms with E-state index < -0.39 is 0 Å². The van der Waals surface area contributed by atoms with Crippen molar-refractivity contribution in [1.29, 1.82) is 0 Å². The molecule has 0 saturated carbocycles. The smallest absolute Gasteiger partial charge is 0.122 e. The van der Waals surface area contributed by atoms with Gasteiger partial charge in [0.15, 0.2) is 0 Å². The van der Waals surface area contributed by atoms with Crippen LogP contribution in [0.4, 0.5) is 0 Å². The summed E-state index contributed by atoms with van der Waals surface area (Å²) in [5.41, 5.74) is 2.60. The first-order chi connectivity index (χ1) is 9.16. The van der Waals surface area contributed by atoms with Gasteiger partial charge in [0.25, 0.3) is 0 Å². The summed E-state index contributed by atoms with van der Waals surface area (Å²) in [6.07, 6.45) is 5.05. The van der Waals surface area contributed by atoms with E-state index in [0.29, 0.717) is 5.92 Å². The van der Waals surface area contributed by atoms with Crippen molar-refractivity contribution in [1.82, 2.24) is 5.32 Å². The highest BCUT2D eigenvalue weighted by Gasteiger charge is 2.13. The molecule has 1 atom stereocenters. The van der Waals surface area contributed by atoms with Crippen LogP contribution in [-0.2, 0) is 0 Å². The molecule has 1 aliphatic rings. The lowest BCUT2D eigenvalue weighted by Gasteiger charge is -2.16. The quantitative estimate of drug-likeness (QED) is 0.781. The molecule has 1 aromatic carbocycles. The molecule has 2 nitrogen and oxygen atoms in total. The van der Waals surface area contributed by atoms with Gasteiger partial charge < -0.3 is 10.1 Å². The number of ether oxygens (including phenoxy) is 1. The fraction of sp³-hybridized carbons (Fsp3) is 0.647. The molecule has 1 heterocycles. The second-order valence-corrected chi connectivity index (χ2v) is 5.98. The molecule has 2 heteroatoms. The Bertz CT molecular complexity index is 394. The normalized spacial score (nSPS) is 19.1. The summed E-state index contributed by atoms with van der Waals surface area (Å²) < 4.78 is 6.01. The molecule has 2 rings (SSSR count). The molecule has 106 valence electrons. The Morgan fingerprint density at radius 3 is 2.89 bits per heavy atom. The van der Waals surface area contributed by atoms with Crippen LogP contribution in [0.15, 0.2) is 18.2 Å². The van der Waals surface area contributed by atoms with Crippen LogP contribution in [0.2, 0.25) is 0 Å². The summed E-state index contributed by atoms with van der Waals surface area (Å²) in [5.74, 6) is 1.60. The third-order valence-corrected chi connectivity index (χ3v) is 3.91. The van der Waals surface area contributed by atoms with Crippen LogP contribution in [0.1, 0.15) is 56.6 Å². The third-order valence-electron chi connectivity index (χ3n) is 3.91. The van der Waals surface area contributed by atoms with Gasteiger partial charge in [-0.25, -0.2) is 0 Å². The molecule has 0 amide bonds. The molecular weight excluding hydrogens is 234 g/mol. The van der Waals surface area contributed by atoms with Gasteiger partial charge in [-0.15, -0.1) is 0 Å². The predicted molar refractivity (Wildman–Crippen MR) is 81.0 cm³/mol. The number of rotatable bonds is 6. The van der Waals surface area contributed by atoms with Gasteiger partial charge in [-0.3, -0.25) is 0 Å². The molecular formula is C17H27NO. The fourth-order valence-electron chi connectivity index (χ4n) is 2.76. The molecule has 19 heavy (non-hydrogen) atoms. The SMILES string of the molecule is Cc1ccc(C(C)C)c(OCCCC2CCCN2)c1. The lowest BCUT2D eigenvalue weighted by Crippen LogP contribution is -2.21. The van der Waals surface area contributed by atoms with Crippen molar-refractivity contribution in [2.45, 2.75) is 58.4 Å². The molecule has 0 aliphatic carbocycles. The Kier molecular flexibility index (Phi) is 5.26. The second-order valence-electron chi connectivity index (χ2n) is 5.98. The zero-order chi connectivity index (χ0) is 13.7. The number of hydrogen-bond donors (Lipinski definition) is 1. The summed E-state index contributed by atoms with van der Waals surface area (Å²) >= 11 is 0. The summed E-state index contributed by atoms with van der Waals surface area (Å²) in [7, 11) is 0. The highest BCUT2D eigenvalue weighted by Crippen LogP contribution is 2.27. The van der Waals surface area contributed by atoms with Crippen LogP contribution in [0.5, 0.6) is 5.75 Å². The number of nitrogens with one attached hydrogen (secondary N) is 1. The highest BCUT2D eigenvalue weighted by atomic mass is 16.5. The minimum absolute atomic E-state index is 0.520. The zero-order valence-electron chi connectivity index (χ0n) is 12.5. The zero-order valence-corrected chi connectivity index (χ0v) is 12.5. The Morgan fingerprint density at radius 1 is 1.37 bits per heavy atom. The van der Waals surface area contributed by atoms with E-state index in [2.05, 4.69) is 44.3 Å². The average molecular weight is 261 g/mol. The van der Waals surface area contributed by atoms with Gasteiger partial charge in [-0.2, -0.15) is 0 Å². The molecule has 1 saturated heterocycles. The number of aryl methyl sites for hydroxylation is 1. The second kappa shape index (κ2) is 6.95. The molecule has 0 bridgehead atoms. The van der Waals surface area contributed by atoms with Crippen LogP contribution in [-0.4, -0.2) is 19.2 Å². The molecule has 1 fully saturated rings. The van der Waals surface area contributed by atoms with Gasteiger partial charge in [-0.1, -0.05) is 26.0 Å². The lowest BCUT2D eigenvalue weighted by molar-refractivity contribution is 0.295. The summed E-state index contributed by atoms with van der Waals surface area (Å²) in [5, 5.41) is 3.54. The van der Waals surface area contributed by atoms with Crippen LogP contribution >= 0.6 is 0 Å². The Labute approximate surface area is 117 Å². The topological polar surface area (TPSA) is 21.3 Å². The molecule has 1 aliphatic heterocycles. The largest absolute Gasteiger partial charge is 0.493 e. The summed E-state index contributed by atoms with van der Waals surface area (Å²) in [6.45, 7) is 8.60. The first-order valence-electron chi connectivity index (χ1n) is 7.63. The maximum atomic E-state index is 6.01. The van der Waals surface area contributed by atoms with E-state index in [1.54, 1.807) is 0 Å². The molecule has 0 spiro atoms. The Morgan fingerprint density at radius 2 is 2.21 bits per heavy atom. The van der Waals surface area contributed by atoms with Crippen LogP contribution in [0.3, 0.4) is 0 Å². The van der Waals surface area contributed by atoms with E-state index in [1.807, 2.05) is 0 Å². The Balaban J connectivity index is 1.82. The molecule has 1 unspecified atom stereocenters. The van der Waals surface area contributed by atoms with E-state index in [-0.39, 0.29) is 0 Å². The van der Waals surface area contributed by atoms with Gasteiger partial charge >= 0.3 is 0 Å². The van der Waals surface area contributed by atoms with E-state index in [0.717, 1.165) is 24.8 Å². The summed E-state index contributed by atoms with van der Waals surface area (Å²) in [4.78, 5) is 0. The monoisotopic (exact) mass is 261 g/mol. The van der Waals surface area contributed by atoms with Crippen molar-refractivity contribution in [2.75, 3.05) is 13.2 Å². The first kappa shape index (κ1) is 14.4. The van der Waals surface area contributed by atoms with Crippen LogP contribution in [0.25, 0.3) is 0 Å². The van der Waals surface area contributed by atoms with Gasteiger partial charge in [0.2, 0.25) is 0 Å². The molecule has 1 N–H and O–H groups in total. The first-order valence-corrected chi connectivity index (χ1v) is 7.63. The van der Waals surface area contributed by atoms with E-state index in [9.17, 15) is 0 Å². The van der Waals surface area contributed by atoms with Gasteiger partial charge in [-0.05, 0) is 62.3 Å². The molecule has 0 radical (unpaired) electrons. The van der Waals surface area contributed by atoms with Crippen molar-refractivity contribution in [3.63, 3.8) is 0 Å². The van der Waals surface area contributed by atoms with Crippen molar-refractivity contribution in [2.24, 2.45) is 0 Å². The molecule has 1 aromatic rings. The van der Waals surface area contributed by atoms with Gasteiger partial charge in [0.1, 0.15) is 5.75 Å². The van der Waals surface area contributed by atoms with Crippen LogP contribution < -0.4 is 10.1 Å². The maximum absolute atomic E-state index is 6.01. The van der Waals surface area contributed by atoms with Gasteiger partial charge in [0, 0.05) is 6.04 Å².